The molecule has 0 aliphatic rings. The van der Waals surface area contributed by atoms with E-state index in [0.717, 1.165) is 6.07 Å². The van der Waals surface area contributed by atoms with E-state index in [1.165, 1.54) is 12.1 Å². The number of aliphatic hydroxyl groups excluding tert-OH is 1. The van der Waals surface area contributed by atoms with Gasteiger partial charge in [-0.3, -0.25) is 0 Å². The Bertz CT molecular complexity index is 392. The van der Waals surface area contributed by atoms with Gasteiger partial charge in [0.1, 0.15) is 23.2 Å². The second kappa shape index (κ2) is 5.51. The van der Waals surface area contributed by atoms with Gasteiger partial charge in [-0.2, -0.15) is 5.26 Å². The first kappa shape index (κ1) is 13.7. The Morgan fingerprint density at radius 2 is 2.13 bits per heavy atom. The Hall–Kier alpha value is -1.35. The maximum atomic E-state index is 12.9. The second-order valence-electron chi connectivity index (χ2n) is 2.76. The molecule has 1 aromatic carbocycles. The largest absolute Gasteiger partial charge is 0.506 e. The molecule has 0 amide bonds. The number of nitriles is 1. The zero-order chi connectivity index (χ0) is 10.7. The Balaban J connectivity index is 0.00000196. The smallest absolute Gasteiger partial charge is 0.144 e. The maximum Gasteiger partial charge on any atom is 0.144 e. The number of benzene rings is 1. The summed E-state index contributed by atoms with van der Waals surface area (Å²) in [5.74, 6) is -1.31. The number of rotatable bonds is 2. The highest BCUT2D eigenvalue weighted by Crippen LogP contribution is 2.28. The summed E-state index contributed by atoms with van der Waals surface area (Å²) >= 11 is 0. The van der Waals surface area contributed by atoms with Crippen molar-refractivity contribution in [3.05, 3.63) is 29.1 Å². The van der Waals surface area contributed by atoms with Gasteiger partial charge in [-0.1, -0.05) is 6.07 Å². The molecular formula is C9H10ClFN2O2. The first-order valence-electron chi connectivity index (χ1n) is 3.89. The molecule has 0 bridgehead atoms. The molecule has 4 N–H and O–H groups in total. The Morgan fingerprint density at radius 3 is 2.60 bits per heavy atom. The van der Waals surface area contributed by atoms with Crippen molar-refractivity contribution in [2.45, 2.75) is 6.04 Å². The predicted molar refractivity (Wildman–Crippen MR) is 54.0 cm³/mol. The summed E-state index contributed by atoms with van der Waals surface area (Å²) in [4.78, 5) is 0. The van der Waals surface area contributed by atoms with Crippen molar-refractivity contribution in [1.82, 2.24) is 0 Å². The maximum absolute atomic E-state index is 12.9. The summed E-state index contributed by atoms with van der Waals surface area (Å²) < 4.78 is 12.9. The highest BCUT2D eigenvalue weighted by Gasteiger charge is 2.16. The molecule has 0 unspecified atom stereocenters. The fourth-order valence-electron chi connectivity index (χ4n) is 1.09. The van der Waals surface area contributed by atoms with Crippen LogP contribution in [0.3, 0.4) is 0 Å². The third-order valence-corrected chi connectivity index (χ3v) is 1.87. The van der Waals surface area contributed by atoms with Crippen molar-refractivity contribution < 1.29 is 14.6 Å². The lowest BCUT2D eigenvalue weighted by Crippen LogP contribution is -2.15. The van der Waals surface area contributed by atoms with Gasteiger partial charge in [-0.25, -0.2) is 4.39 Å². The number of hydrogen-bond donors (Lipinski definition) is 3. The number of phenolic OH excluding ortho intramolecular Hbond substituents is 1. The van der Waals surface area contributed by atoms with E-state index in [4.69, 9.17) is 16.1 Å². The average Bonchev–Trinajstić information content (AvgIpc) is 2.18. The fourth-order valence-corrected chi connectivity index (χ4v) is 1.09. The molecule has 82 valence electrons. The lowest BCUT2D eigenvalue weighted by atomic mass is 10.0. The fraction of sp³-hybridized carbons (Fsp3) is 0.222. The molecule has 1 rings (SSSR count). The number of aromatic hydroxyl groups is 1. The molecule has 0 heterocycles. The minimum atomic E-state index is -0.817. The number of hydrogen-bond acceptors (Lipinski definition) is 4. The van der Waals surface area contributed by atoms with E-state index in [1.54, 1.807) is 0 Å². The highest BCUT2D eigenvalue weighted by atomic mass is 35.5. The molecular weight excluding hydrogens is 223 g/mol. The first-order valence-corrected chi connectivity index (χ1v) is 3.89. The quantitative estimate of drug-likeness (QED) is 0.704. The van der Waals surface area contributed by atoms with Crippen LogP contribution in [0.2, 0.25) is 0 Å². The Morgan fingerprint density at radius 1 is 1.53 bits per heavy atom. The van der Waals surface area contributed by atoms with Gasteiger partial charge in [0.05, 0.1) is 12.6 Å². The van der Waals surface area contributed by atoms with Gasteiger partial charge in [0, 0.05) is 5.56 Å². The molecule has 0 aliphatic carbocycles. The van der Waals surface area contributed by atoms with Gasteiger partial charge in [0.2, 0.25) is 0 Å². The van der Waals surface area contributed by atoms with Crippen molar-refractivity contribution >= 4 is 12.4 Å². The topological polar surface area (TPSA) is 90.3 Å². The molecule has 0 saturated heterocycles. The Kier molecular flexibility index (Phi) is 5.02. The standard InChI is InChI=1S/C9H9FN2O2.ClH/c10-7-2-1-5(8(12)4-13)9(14)6(7)3-11;/h1-2,8,13-14H,4,12H2;1H/t8-;/m0./s1. The van der Waals surface area contributed by atoms with Gasteiger partial charge in [0.25, 0.3) is 0 Å². The number of nitrogens with zero attached hydrogens (tertiary/aromatic N) is 1. The van der Waals surface area contributed by atoms with Crippen molar-refractivity contribution in [3.63, 3.8) is 0 Å². The molecule has 0 aromatic heterocycles. The predicted octanol–water partition coefficient (Wildman–Crippen LogP) is 0.817. The summed E-state index contributed by atoms with van der Waals surface area (Å²) in [7, 11) is 0. The SMILES string of the molecule is Cl.N#Cc1c(F)ccc([C@@H](N)CO)c1O. The van der Waals surface area contributed by atoms with Gasteiger partial charge in [-0.05, 0) is 6.07 Å². The zero-order valence-corrected chi connectivity index (χ0v) is 8.46. The van der Waals surface area contributed by atoms with E-state index < -0.39 is 23.2 Å². The normalized spacial score (nSPS) is 11.3. The van der Waals surface area contributed by atoms with Crippen LogP contribution in [0.5, 0.6) is 5.75 Å². The summed E-state index contributed by atoms with van der Waals surface area (Å²) in [5.41, 5.74) is 5.13. The van der Waals surface area contributed by atoms with Gasteiger partial charge < -0.3 is 15.9 Å². The van der Waals surface area contributed by atoms with E-state index in [1.807, 2.05) is 0 Å². The monoisotopic (exact) mass is 232 g/mol. The zero-order valence-electron chi connectivity index (χ0n) is 7.64. The van der Waals surface area contributed by atoms with Crippen LogP contribution < -0.4 is 5.73 Å². The van der Waals surface area contributed by atoms with E-state index in [-0.39, 0.29) is 24.6 Å². The number of phenols is 1. The van der Waals surface area contributed by atoms with Crippen LogP contribution in [-0.2, 0) is 0 Å². The van der Waals surface area contributed by atoms with E-state index in [2.05, 4.69) is 0 Å². The minimum absolute atomic E-state index is 0. The molecule has 15 heavy (non-hydrogen) atoms. The number of aliphatic hydroxyl groups is 1. The molecule has 1 aromatic rings. The minimum Gasteiger partial charge on any atom is -0.506 e. The number of nitrogens with two attached hydrogens (primary N) is 1. The van der Waals surface area contributed by atoms with Crippen LogP contribution in [-0.4, -0.2) is 16.8 Å². The van der Waals surface area contributed by atoms with Crippen molar-refractivity contribution in [2.24, 2.45) is 5.73 Å². The van der Waals surface area contributed by atoms with Gasteiger partial charge >= 0.3 is 0 Å². The molecule has 0 aliphatic heterocycles. The second-order valence-corrected chi connectivity index (χ2v) is 2.76. The lowest BCUT2D eigenvalue weighted by Gasteiger charge is -2.11. The molecule has 1 atom stereocenters. The van der Waals surface area contributed by atoms with Crippen LogP contribution in [0.15, 0.2) is 12.1 Å². The van der Waals surface area contributed by atoms with Gasteiger partial charge in [0.15, 0.2) is 0 Å². The average molecular weight is 233 g/mol. The van der Waals surface area contributed by atoms with Crippen LogP contribution in [0.4, 0.5) is 4.39 Å². The highest BCUT2D eigenvalue weighted by molar-refractivity contribution is 5.85. The summed E-state index contributed by atoms with van der Waals surface area (Å²) in [6, 6.07) is 2.98. The molecule has 0 fully saturated rings. The van der Waals surface area contributed by atoms with Gasteiger partial charge in [-0.15, -0.1) is 12.4 Å². The lowest BCUT2D eigenvalue weighted by molar-refractivity contribution is 0.265. The molecule has 4 nitrogen and oxygen atoms in total. The van der Waals surface area contributed by atoms with Crippen molar-refractivity contribution in [3.8, 4) is 11.8 Å². The molecule has 6 heteroatoms. The summed E-state index contributed by atoms with van der Waals surface area (Å²) in [5, 5.41) is 26.7. The van der Waals surface area contributed by atoms with Crippen LogP contribution >= 0.6 is 12.4 Å². The molecule has 0 saturated carbocycles. The summed E-state index contributed by atoms with van der Waals surface area (Å²) in [6.45, 7) is -0.385. The van der Waals surface area contributed by atoms with Crippen LogP contribution in [0.25, 0.3) is 0 Å². The first-order chi connectivity index (χ1) is 6.61. The molecule has 0 radical (unpaired) electrons. The number of halogens is 2. The van der Waals surface area contributed by atoms with Crippen LogP contribution in [0, 0.1) is 17.1 Å². The van der Waals surface area contributed by atoms with Crippen molar-refractivity contribution in [2.75, 3.05) is 6.61 Å². The third-order valence-electron chi connectivity index (χ3n) is 1.87. The van der Waals surface area contributed by atoms with E-state index in [0.29, 0.717) is 0 Å². The van der Waals surface area contributed by atoms with E-state index in [9.17, 15) is 9.50 Å². The Labute approximate surface area is 92.2 Å². The van der Waals surface area contributed by atoms with Crippen LogP contribution in [0.1, 0.15) is 17.2 Å². The van der Waals surface area contributed by atoms with Crippen molar-refractivity contribution in [1.29, 1.82) is 5.26 Å². The summed E-state index contributed by atoms with van der Waals surface area (Å²) in [6.07, 6.45) is 0. The molecule has 0 spiro atoms. The van der Waals surface area contributed by atoms with E-state index >= 15 is 0 Å². The third kappa shape index (κ3) is 2.57.